The van der Waals surface area contributed by atoms with Gasteiger partial charge in [-0.25, -0.2) is 4.90 Å². The quantitative estimate of drug-likeness (QED) is 0.678. The maximum Gasteiger partial charge on any atom is 0.282 e. The molecule has 0 atom stereocenters. The Morgan fingerprint density at radius 2 is 1.47 bits per heavy atom. The number of anilines is 1. The smallest absolute Gasteiger partial charge is 0.282 e. The van der Waals surface area contributed by atoms with Crippen molar-refractivity contribution < 1.29 is 9.59 Å². The van der Waals surface area contributed by atoms with Crippen LogP contribution in [0.3, 0.4) is 0 Å². The van der Waals surface area contributed by atoms with E-state index in [-0.39, 0.29) is 23.3 Å². The van der Waals surface area contributed by atoms with Crippen molar-refractivity contribution in [3.8, 4) is 0 Å². The van der Waals surface area contributed by atoms with Crippen molar-refractivity contribution in [2.45, 2.75) is 45.1 Å². The Kier molecular flexibility index (Phi) is 5.95. The lowest BCUT2D eigenvalue weighted by molar-refractivity contribution is -0.120. The molecular formula is C27H33N3O2. The van der Waals surface area contributed by atoms with E-state index in [1.807, 2.05) is 61.6 Å². The van der Waals surface area contributed by atoms with Gasteiger partial charge < -0.3 is 9.80 Å². The third kappa shape index (κ3) is 4.09. The standard InChI is InChI=1S/C27H33N3O2/c1-27(2,3)20-11-13-22(14-12-20)30-25(31)23(19-9-7-6-8-10-19)24(26(30)32)29(5)21-15-17-28(4)18-16-21/h6-14,21H,15-18H2,1-5H3. The van der Waals surface area contributed by atoms with E-state index in [9.17, 15) is 9.59 Å². The molecule has 0 aliphatic carbocycles. The first-order valence-electron chi connectivity index (χ1n) is 11.4. The van der Waals surface area contributed by atoms with Crippen molar-refractivity contribution in [3.05, 3.63) is 71.4 Å². The lowest BCUT2D eigenvalue weighted by Gasteiger charge is -2.36. The van der Waals surface area contributed by atoms with Crippen LogP contribution in [0, 0.1) is 0 Å². The third-order valence-corrected chi connectivity index (χ3v) is 6.70. The van der Waals surface area contributed by atoms with Crippen LogP contribution in [0.1, 0.15) is 44.7 Å². The molecule has 2 aliphatic heterocycles. The molecule has 0 aromatic heterocycles. The molecule has 0 saturated carbocycles. The van der Waals surface area contributed by atoms with Crippen LogP contribution in [0.25, 0.3) is 5.57 Å². The van der Waals surface area contributed by atoms with E-state index in [1.54, 1.807) is 0 Å². The van der Waals surface area contributed by atoms with E-state index in [0.29, 0.717) is 17.0 Å². The Hall–Kier alpha value is -2.92. The third-order valence-electron chi connectivity index (χ3n) is 6.70. The zero-order valence-electron chi connectivity index (χ0n) is 19.8. The van der Waals surface area contributed by atoms with Crippen LogP contribution in [-0.4, -0.2) is 54.8 Å². The first-order valence-corrected chi connectivity index (χ1v) is 11.4. The minimum atomic E-state index is -0.250. The highest BCUT2D eigenvalue weighted by Gasteiger charge is 2.43. The fourth-order valence-electron chi connectivity index (χ4n) is 4.62. The summed E-state index contributed by atoms with van der Waals surface area (Å²) in [6, 6.07) is 17.6. The average molecular weight is 432 g/mol. The van der Waals surface area contributed by atoms with Gasteiger partial charge in [0, 0.05) is 13.1 Å². The van der Waals surface area contributed by atoms with E-state index < -0.39 is 0 Å². The second kappa shape index (κ2) is 8.55. The van der Waals surface area contributed by atoms with Crippen molar-refractivity contribution in [1.29, 1.82) is 0 Å². The molecule has 1 saturated heterocycles. The molecule has 0 unspecified atom stereocenters. The number of nitrogens with zero attached hydrogens (tertiary/aromatic N) is 3. The summed E-state index contributed by atoms with van der Waals surface area (Å²) in [5.41, 5.74) is 3.58. The Balaban J connectivity index is 1.73. The van der Waals surface area contributed by atoms with Gasteiger partial charge >= 0.3 is 0 Å². The Morgan fingerprint density at radius 1 is 0.875 bits per heavy atom. The molecule has 2 amide bonds. The maximum atomic E-state index is 13.7. The fraction of sp³-hybridized carbons (Fsp3) is 0.407. The van der Waals surface area contributed by atoms with Crippen molar-refractivity contribution in [3.63, 3.8) is 0 Å². The summed E-state index contributed by atoms with van der Waals surface area (Å²) < 4.78 is 0. The number of piperidine rings is 1. The second-order valence-electron chi connectivity index (χ2n) is 9.98. The number of imide groups is 1. The molecule has 0 bridgehead atoms. The molecule has 0 N–H and O–H groups in total. The second-order valence-corrected chi connectivity index (χ2v) is 9.98. The minimum absolute atomic E-state index is 0.00449. The van der Waals surface area contributed by atoms with Crippen molar-refractivity contribution >= 4 is 23.1 Å². The molecule has 32 heavy (non-hydrogen) atoms. The first kappa shape index (κ1) is 22.3. The summed E-state index contributed by atoms with van der Waals surface area (Å²) in [5.74, 6) is -0.488. The highest BCUT2D eigenvalue weighted by atomic mass is 16.2. The van der Waals surface area contributed by atoms with Crippen LogP contribution >= 0.6 is 0 Å². The summed E-state index contributed by atoms with van der Waals surface area (Å²) in [7, 11) is 4.09. The largest absolute Gasteiger partial charge is 0.366 e. The molecular weight excluding hydrogens is 398 g/mol. The number of rotatable bonds is 4. The summed E-state index contributed by atoms with van der Waals surface area (Å²) in [6.45, 7) is 8.43. The maximum absolute atomic E-state index is 13.7. The molecule has 2 aliphatic rings. The average Bonchev–Trinajstić information content (AvgIpc) is 3.04. The lowest BCUT2D eigenvalue weighted by Crippen LogP contribution is -2.43. The molecule has 0 spiro atoms. The van der Waals surface area contributed by atoms with E-state index in [0.717, 1.165) is 31.5 Å². The Labute approximate surface area is 191 Å². The lowest BCUT2D eigenvalue weighted by atomic mass is 9.87. The summed E-state index contributed by atoms with van der Waals surface area (Å²) in [4.78, 5) is 33.1. The fourth-order valence-corrected chi connectivity index (χ4v) is 4.62. The van der Waals surface area contributed by atoms with Gasteiger partial charge in [0.25, 0.3) is 11.8 Å². The van der Waals surface area contributed by atoms with Gasteiger partial charge in [0.15, 0.2) is 0 Å². The Morgan fingerprint density at radius 3 is 2.03 bits per heavy atom. The van der Waals surface area contributed by atoms with Gasteiger partial charge in [-0.05, 0) is 61.7 Å². The first-order chi connectivity index (χ1) is 15.2. The molecule has 5 nitrogen and oxygen atoms in total. The van der Waals surface area contributed by atoms with Crippen molar-refractivity contribution in [2.24, 2.45) is 0 Å². The van der Waals surface area contributed by atoms with E-state index >= 15 is 0 Å². The van der Waals surface area contributed by atoms with Crippen molar-refractivity contribution in [1.82, 2.24) is 9.80 Å². The van der Waals surface area contributed by atoms with Crippen molar-refractivity contribution in [2.75, 3.05) is 32.1 Å². The molecule has 2 aromatic rings. The summed E-state index contributed by atoms with van der Waals surface area (Å²) in [5, 5.41) is 0. The molecule has 1 fully saturated rings. The molecule has 2 heterocycles. The topological polar surface area (TPSA) is 43.9 Å². The normalized spacial score (nSPS) is 18.6. The number of likely N-dealkylation sites (tertiary alicyclic amines) is 1. The van der Waals surface area contributed by atoms with Gasteiger partial charge in [0.2, 0.25) is 0 Å². The number of carbonyl (C=O) groups excluding carboxylic acids is 2. The molecule has 5 heteroatoms. The molecule has 168 valence electrons. The van der Waals surface area contributed by atoms with Gasteiger partial charge in [-0.2, -0.15) is 0 Å². The van der Waals surface area contributed by atoms with Gasteiger partial charge in [0.1, 0.15) is 5.70 Å². The van der Waals surface area contributed by atoms with Crippen LogP contribution in [0.4, 0.5) is 5.69 Å². The minimum Gasteiger partial charge on any atom is -0.366 e. The van der Waals surface area contributed by atoms with Gasteiger partial charge in [0.05, 0.1) is 11.3 Å². The number of hydrogen-bond donors (Lipinski definition) is 0. The van der Waals surface area contributed by atoms with Crippen LogP contribution in [0.15, 0.2) is 60.3 Å². The zero-order chi connectivity index (χ0) is 23.0. The molecule has 4 rings (SSSR count). The Bertz CT molecular complexity index is 1030. The van der Waals surface area contributed by atoms with Crippen LogP contribution in [0.2, 0.25) is 0 Å². The summed E-state index contributed by atoms with van der Waals surface area (Å²) in [6.07, 6.45) is 1.95. The zero-order valence-corrected chi connectivity index (χ0v) is 19.8. The van der Waals surface area contributed by atoms with Crippen LogP contribution in [0.5, 0.6) is 0 Å². The van der Waals surface area contributed by atoms with Crippen LogP contribution < -0.4 is 4.90 Å². The predicted molar refractivity (Wildman–Crippen MR) is 129 cm³/mol. The number of likely N-dealkylation sites (N-methyl/N-ethyl adjacent to an activating group) is 1. The predicted octanol–water partition coefficient (Wildman–Crippen LogP) is 4.29. The van der Waals surface area contributed by atoms with Gasteiger partial charge in [-0.3, -0.25) is 9.59 Å². The molecule has 2 aromatic carbocycles. The van der Waals surface area contributed by atoms with E-state index in [4.69, 9.17) is 0 Å². The molecule has 0 radical (unpaired) electrons. The highest BCUT2D eigenvalue weighted by molar-refractivity contribution is 6.45. The summed E-state index contributed by atoms with van der Waals surface area (Å²) >= 11 is 0. The van der Waals surface area contributed by atoms with Gasteiger partial charge in [-0.1, -0.05) is 63.2 Å². The number of benzene rings is 2. The monoisotopic (exact) mass is 431 g/mol. The van der Waals surface area contributed by atoms with Gasteiger partial charge in [-0.15, -0.1) is 0 Å². The number of amides is 2. The van der Waals surface area contributed by atoms with Crippen LogP contribution in [-0.2, 0) is 15.0 Å². The SMILES string of the molecule is CN1CCC(N(C)C2=C(c3ccccc3)C(=O)N(c3ccc(C(C)(C)C)cc3)C2=O)CC1. The van der Waals surface area contributed by atoms with E-state index in [2.05, 4.69) is 37.6 Å². The van der Waals surface area contributed by atoms with E-state index in [1.165, 1.54) is 10.5 Å². The number of hydrogen-bond acceptors (Lipinski definition) is 4. The highest BCUT2D eigenvalue weighted by Crippen LogP contribution is 2.36. The number of carbonyl (C=O) groups is 2.